The maximum absolute atomic E-state index is 12.5. The van der Waals surface area contributed by atoms with E-state index in [9.17, 15) is 4.79 Å². The fourth-order valence-corrected chi connectivity index (χ4v) is 2.46. The zero-order chi connectivity index (χ0) is 13.3. The second kappa shape index (κ2) is 4.71. The number of ether oxygens (including phenoxy) is 2. The van der Waals surface area contributed by atoms with E-state index in [1.165, 1.54) is 0 Å². The molecule has 1 saturated heterocycles. The van der Waals surface area contributed by atoms with Crippen molar-refractivity contribution in [3.8, 4) is 0 Å². The van der Waals surface area contributed by atoms with E-state index in [2.05, 4.69) is 0 Å². The topological polar surface area (TPSA) is 38.8 Å². The minimum atomic E-state index is -0.660. The molecule has 1 aliphatic rings. The fourth-order valence-electron chi connectivity index (χ4n) is 2.46. The van der Waals surface area contributed by atoms with Gasteiger partial charge in [-0.3, -0.25) is 9.69 Å². The maximum atomic E-state index is 12.5. The summed E-state index contributed by atoms with van der Waals surface area (Å²) in [6.45, 7) is 5.67. The molecule has 18 heavy (non-hydrogen) atoms. The molecule has 98 valence electrons. The van der Waals surface area contributed by atoms with E-state index in [1.54, 1.807) is 24.1 Å². The third kappa shape index (κ3) is 2.13. The molecule has 0 bridgehead atoms. The van der Waals surface area contributed by atoms with Gasteiger partial charge in [-0.2, -0.15) is 0 Å². The Bertz CT molecular complexity index is 430. The Kier molecular flexibility index (Phi) is 3.41. The molecule has 1 heterocycles. The summed E-state index contributed by atoms with van der Waals surface area (Å²) in [5.41, 5.74) is -0.0159. The Morgan fingerprint density at radius 3 is 2.50 bits per heavy atom. The zero-order valence-electron chi connectivity index (χ0n) is 11.2. The first-order valence-corrected chi connectivity index (χ1v) is 6.06. The van der Waals surface area contributed by atoms with Crippen LogP contribution in [0.15, 0.2) is 30.3 Å². The van der Waals surface area contributed by atoms with Crippen molar-refractivity contribution in [3.05, 3.63) is 35.9 Å². The Hall–Kier alpha value is -1.39. The highest BCUT2D eigenvalue weighted by atomic mass is 16.6. The molecule has 2 rings (SSSR count). The van der Waals surface area contributed by atoms with E-state index in [0.29, 0.717) is 5.56 Å². The molecule has 0 spiro atoms. The van der Waals surface area contributed by atoms with Gasteiger partial charge in [0.2, 0.25) is 0 Å². The first-order chi connectivity index (χ1) is 8.47. The van der Waals surface area contributed by atoms with Gasteiger partial charge in [-0.05, 0) is 32.9 Å². The minimum Gasteiger partial charge on any atom is -0.359 e. The first-order valence-electron chi connectivity index (χ1n) is 6.06. The van der Waals surface area contributed by atoms with Crippen molar-refractivity contribution in [2.24, 2.45) is 0 Å². The van der Waals surface area contributed by atoms with Gasteiger partial charge >= 0.3 is 0 Å². The van der Waals surface area contributed by atoms with Crippen molar-refractivity contribution in [2.45, 2.75) is 38.8 Å². The molecular formula is C14H19NO3. The van der Waals surface area contributed by atoms with Crippen molar-refractivity contribution in [3.63, 3.8) is 0 Å². The van der Waals surface area contributed by atoms with Crippen molar-refractivity contribution >= 4 is 5.91 Å². The third-order valence-corrected chi connectivity index (χ3v) is 3.19. The van der Waals surface area contributed by atoms with E-state index in [-0.39, 0.29) is 18.2 Å². The van der Waals surface area contributed by atoms with Crippen LogP contribution in [-0.2, 0) is 9.47 Å². The summed E-state index contributed by atoms with van der Waals surface area (Å²) in [6.07, 6.45) is -0.495. The van der Waals surface area contributed by atoms with E-state index in [0.717, 1.165) is 0 Å². The largest absolute Gasteiger partial charge is 0.359 e. The minimum absolute atomic E-state index is 0.0724. The molecule has 0 aromatic heterocycles. The predicted octanol–water partition coefficient (Wildman–Crippen LogP) is 2.26. The van der Waals surface area contributed by atoms with Gasteiger partial charge < -0.3 is 9.47 Å². The highest BCUT2D eigenvalue weighted by molar-refractivity contribution is 5.94. The fraction of sp³-hybridized carbons (Fsp3) is 0.500. The van der Waals surface area contributed by atoms with E-state index < -0.39 is 5.72 Å². The Morgan fingerprint density at radius 1 is 1.33 bits per heavy atom. The van der Waals surface area contributed by atoms with Gasteiger partial charge in [-0.25, -0.2) is 0 Å². The summed E-state index contributed by atoms with van der Waals surface area (Å²) in [4.78, 5) is 14.2. The van der Waals surface area contributed by atoms with Crippen LogP contribution in [0.25, 0.3) is 0 Å². The summed E-state index contributed by atoms with van der Waals surface area (Å²) >= 11 is 0. The second-order valence-electron chi connectivity index (χ2n) is 4.94. The number of methoxy groups -OCH3 is 1. The predicted molar refractivity (Wildman–Crippen MR) is 68.0 cm³/mol. The Labute approximate surface area is 107 Å². The van der Waals surface area contributed by atoms with Gasteiger partial charge in [0.05, 0.1) is 0 Å². The zero-order valence-corrected chi connectivity index (χ0v) is 11.2. The molecule has 1 fully saturated rings. The van der Waals surface area contributed by atoms with Crippen molar-refractivity contribution in [2.75, 3.05) is 7.11 Å². The maximum Gasteiger partial charge on any atom is 0.258 e. The van der Waals surface area contributed by atoms with Crippen molar-refractivity contribution in [1.29, 1.82) is 0 Å². The van der Waals surface area contributed by atoms with Gasteiger partial charge in [-0.1, -0.05) is 18.2 Å². The summed E-state index contributed by atoms with van der Waals surface area (Å²) < 4.78 is 11.2. The van der Waals surface area contributed by atoms with Crippen LogP contribution < -0.4 is 0 Å². The molecule has 4 heteroatoms. The SMILES string of the molecule is CO[C@H]1[C@H](C)OC(C)(C)N1C(=O)c1ccccc1. The molecule has 1 aromatic carbocycles. The number of hydrogen-bond donors (Lipinski definition) is 0. The number of carbonyl (C=O) groups excluding carboxylic acids is 1. The van der Waals surface area contributed by atoms with Crippen molar-refractivity contribution < 1.29 is 14.3 Å². The number of rotatable bonds is 2. The third-order valence-electron chi connectivity index (χ3n) is 3.19. The van der Waals surface area contributed by atoms with Gasteiger partial charge in [-0.15, -0.1) is 0 Å². The van der Waals surface area contributed by atoms with Crippen LogP contribution >= 0.6 is 0 Å². The molecule has 1 amide bonds. The average Bonchev–Trinajstić information content (AvgIpc) is 2.58. The van der Waals surface area contributed by atoms with E-state index in [1.807, 2.05) is 39.0 Å². The number of nitrogens with zero attached hydrogens (tertiary/aromatic N) is 1. The molecule has 0 aliphatic carbocycles. The molecule has 2 atom stereocenters. The van der Waals surface area contributed by atoms with E-state index >= 15 is 0 Å². The van der Waals surface area contributed by atoms with Crippen molar-refractivity contribution in [1.82, 2.24) is 4.90 Å². The lowest BCUT2D eigenvalue weighted by Crippen LogP contribution is -2.48. The standard InChI is InChI=1S/C14H19NO3/c1-10-13(17-4)15(14(2,3)18-10)12(16)11-8-6-5-7-9-11/h5-10,13H,1-4H3/t10-,13-/m0/s1. The normalized spacial score (nSPS) is 26.3. The summed E-state index contributed by atoms with van der Waals surface area (Å²) in [5.74, 6) is -0.0724. The number of benzene rings is 1. The second-order valence-corrected chi connectivity index (χ2v) is 4.94. The van der Waals surface area contributed by atoms with Crippen LogP contribution in [0, 0.1) is 0 Å². The molecule has 1 aliphatic heterocycles. The van der Waals surface area contributed by atoms with Crippen LogP contribution in [0.1, 0.15) is 31.1 Å². The van der Waals surface area contributed by atoms with Crippen LogP contribution in [-0.4, -0.2) is 36.0 Å². The lowest BCUT2D eigenvalue weighted by molar-refractivity contribution is -0.0633. The summed E-state index contributed by atoms with van der Waals surface area (Å²) in [6, 6.07) is 9.19. The molecule has 0 saturated carbocycles. The van der Waals surface area contributed by atoms with Gasteiger partial charge in [0.15, 0.2) is 6.23 Å². The monoisotopic (exact) mass is 249 g/mol. The van der Waals surface area contributed by atoms with Crippen LogP contribution in [0.5, 0.6) is 0 Å². The van der Waals surface area contributed by atoms with Crippen LogP contribution in [0.3, 0.4) is 0 Å². The van der Waals surface area contributed by atoms with Gasteiger partial charge in [0.25, 0.3) is 5.91 Å². The smallest absolute Gasteiger partial charge is 0.258 e. The van der Waals surface area contributed by atoms with Gasteiger partial charge in [0, 0.05) is 12.7 Å². The van der Waals surface area contributed by atoms with E-state index in [4.69, 9.17) is 9.47 Å². The first kappa shape index (κ1) is 13.1. The number of amides is 1. The van der Waals surface area contributed by atoms with Crippen LogP contribution in [0.2, 0.25) is 0 Å². The molecule has 0 N–H and O–H groups in total. The van der Waals surface area contributed by atoms with Gasteiger partial charge in [0.1, 0.15) is 11.8 Å². The lowest BCUT2D eigenvalue weighted by Gasteiger charge is -2.32. The Balaban J connectivity index is 2.33. The summed E-state index contributed by atoms with van der Waals surface area (Å²) in [7, 11) is 1.59. The molecule has 0 radical (unpaired) electrons. The lowest BCUT2D eigenvalue weighted by atomic mass is 10.1. The molecule has 1 aromatic rings. The molecule has 0 unspecified atom stereocenters. The molecule has 4 nitrogen and oxygen atoms in total. The average molecular weight is 249 g/mol. The number of carbonyl (C=O) groups is 1. The summed E-state index contributed by atoms with van der Waals surface area (Å²) in [5, 5.41) is 0. The quantitative estimate of drug-likeness (QED) is 0.807. The highest BCUT2D eigenvalue weighted by Gasteiger charge is 2.48. The Morgan fingerprint density at radius 2 is 1.94 bits per heavy atom. The highest BCUT2D eigenvalue weighted by Crippen LogP contribution is 2.33. The molecular weight excluding hydrogens is 230 g/mol. The van der Waals surface area contributed by atoms with Crippen LogP contribution in [0.4, 0.5) is 0 Å². The number of hydrogen-bond acceptors (Lipinski definition) is 3.